The molecule has 3 heterocycles. The van der Waals surface area contributed by atoms with E-state index in [1.165, 1.54) is 16.8 Å². The van der Waals surface area contributed by atoms with E-state index in [0.29, 0.717) is 28.6 Å². The van der Waals surface area contributed by atoms with Crippen LogP contribution in [0.4, 0.5) is 8.78 Å². The predicted molar refractivity (Wildman–Crippen MR) is 126 cm³/mol. The molecule has 1 saturated carbocycles. The Labute approximate surface area is 200 Å². The molecule has 4 rings (SSSR count). The molecule has 0 bridgehead atoms. The summed E-state index contributed by atoms with van der Waals surface area (Å²) in [5.74, 6) is -2.99. The number of carbonyl (C=O) groups excluding carboxylic acids is 1. The van der Waals surface area contributed by atoms with Crippen molar-refractivity contribution in [2.24, 2.45) is 7.05 Å². The first kappa shape index (κ1) is 24.8. The van der Waals surface area contributed by atoms with Gasteiger partial charge in [-0.1, -0.05) is 0 Å². The van der Waals surface area contributed by atoms with E-state index in [0.717, 1.165) is 0 Å². The third-order valence-electron chi connectivity index (χ3n) is 6.21. The summed E-state index contributed by atoms with van der Waals surface area (Å²) in [7, 11) is 1.55. The summed E-state index contributed by atoms with van der Waals surface area (Å²) in [6.07, 6.45) is 2.42. The van der Waals surface area contributed by atoms with Crippen molar-refractivity contribution < 1.29 is 27.8 Å². The monoisotopic (exact) mass is 489 g/mol. The largest absolute Gasteiger partial charge is 0.474 e. The van der Waals surface area contributed by atoms with E-state index in [-0.39, 0.29) is 42.9 Å². The molecule has 0 radical (unpaired) electrons. The highest BCUT2D eigenvalue weighted by atomic mass is 19.3. The highest BCUT2D eigenvalue weighted by molar-refractivity contribution is 6.01. The van der Waals surface area contributed by atoms with Crippen molar-refractivity contribution in [3.05, 3.63) is 46.2 Å². The van der Waals surface area contributed by atoms with Crippen LogP contribution in [0.5, 0.6) is 5.88 Å². The lowest BCUT2D eigenvalue weighted by molar-refractivity contribution is -0.0587. The van der Waals surface area contributed by atoms with Crippen LogP contribution in [-0.2, 0) is 12.6 Å². The molecule has 1 amide bonds. The fraction of sp³-hybridized carbons (Fsp3) is 0.480. The molecule has 3 aromatic rings. The maximum absolute atomic E-state index is 13.6. The fourth-order valence-corrected chi connectivity index (χ4v) is 4.17. The summed E-state index contributed by atoms with van der Waals surface area (Å²) in [5, 5.41) is 13.6. The molecule has 35 heavy (non-hydrogen) atoms. The third-order valence-corrected chi connectivity index (χ3v) is 6.21. The highest BCUT2D eigenvalue weighted by Crippen LogP contribution is 2.39. The molecule has 0 spiro atoms. The smallest absolute Gasteiger partial charge is 0.293 e. The summed E-state index contributed by atoms with van der Waals surface area (Å²) in [5.41, 5.74) is -0.229. The standard InChI is InChI=1S/C25H29F2N3O5/c1-5-28-21(31)19-11-16-18(13-30(4)23(32)20(16)35-19)17-10-14(24(2,3)33)12-29-22(17)34-15-6-8-25(26,27)9-7-15/h10-13,15,33H,5-9H2,1-4H3,(H,28,31). The topological polar surface area (TPSA) is 107 Å². The van der Waals surface area contributed by atoms with Gasteiger partial charge in [-0.2, -0.15) is 0 Å². The van der Waals surface area contributed by atoms with Gasteiger partial charge in [0.2, 0.25) is 17.4 Å². The van der Waals surface area contributed by atoms with E-state index in [4.69, 9.17) is 9.15 Å². The first-order chi connectivity index (χ1) is 16.4. The lowest BCUT2D eigenvalue weighted by Crippen LogP contribution is -2.31. The van der Waals surface area contributed by atoms with Crippen molar-refractivity contribution in [2.75, 3.05) is 6.54 Å². The van der Waals surface area contributed by atoms with Crippen LogP contribution < -0.4 is 15.6 Å². The van der Waals surface area contributed by atoms with Gasteiger partial charge in [-0.05, 0) is 45.7 Å². The molecule has 0 atom stereocenters. The summed E-state index contributed by atoms with van der Waals surface area (Å²) in [6.45, 7) is 5.37. The number of ether oxygens (including phenoxy) is 1. The number of pyridine rings is 2. The minimum absolute atomic E-state index is 0.0110. The normalized spacial score (nSPS) is 16.4. The van der Waals surface area contributed by atoms with Gasteiger partial charge < -0.3 is 24.1 Å². The zero-order valence-electron chi connectivity index (χ0n) is 20.2. The van der Waals surface area contributed by atoms with Crippen LogP contribution in [0.1, 0.15) is 62.6 Å². The quantitative estimate of drug-likeness (QED) is 0.539. The minimum atomic E-state index is -2.70. The summed E-state index contributed by atoms with van der Waals surface area (Å²) in [4.78, 5) is 29.6. The van der Waals surface area contributed by atoms with Gasteiger partial charge in [0.15, 0.2) is 5.76 Å². The highest BCUT2D eigenvalue weighted by Gasteiger charge is 2.36. The number of amides is 1. The zero-order chi connectivity index (χ0) is 25.5. The summed E-state index contributed by atoms with van der Waals surface area (Å²) in [6, 6.07) is 3.18. The molecule has 0 unspecified atom stereocenters. The number of hydrogen-bond donors (Lipinski definition) is 2. The van der Waals surface area contributed by atoms with E-state index < -0.39 is 29.1 Å². The number of carbonyl (C=O) groups is 1. The lowest BCUT2D eigenvalue weighted by atomic mass is 9.93. The Bertz CT molecular complexity index is 1310. The van der Waals surface area contributed by atoms with Gasteiger partial charge in [0.1, 0.15) is 6.10 Å². The second-order valence-corrected chi connectivity index (χ2v) is 9.48. The van der Waals surface area contributed by atoms with Gasteiger partial charge in [-0.15, -0.1) is 0 Å². The van der Waals surface area contributed by atoms with E-state index in [9.17, 15) is 23.5 Å². The van der Waals surface area contributed by atoms with Crippen molar-refractivity contribution in [3.8, 4) is 17.0 Å². The molecule has 1 aliphatic carbocycles. The number of halogens is 2. The fourth-order valence-electron chi connectivity index (χ4n) is 4.17. The second kappa shape index (κ2) is 9.07. The summed E-state index contributed by atoms with van der Waals surface area (Å²) >= 11 is 0. The number of aryl methyl sites for hydroxylation is 1. The molecule has 3 aromatic heterocycles. The number of furan rings is 1. The number of alkyl halides is 2. The molecule has 10 heteroatoms. The van der Waals surface area contributed by atoms with Crippen LogP contribution in [0.25, 0.3) is 22.1 Å². The first-order valence-electron chi connectivity index (χ1n) is 11.6. The van der Waals surface area contributed by atoms with Crippen molar-refractivity contribution in [2.45, 2.75) is 64.1 Å². The number of fused-ring (bicyclic) bond motifs is 1. The number of aliphatic hydroxyl groups is 1. The third kappa shape index (κ3) is 5.07. The van der Waals surface area contributed by atoms with E-state index in [1.54, 1.807) is 40.1 Å². The second-order valence-electron chi connectivity index (χ2n) is 9.48. The number of nitrogens with one attached hydrogen (secondary N) is 1. The Morgan fingerprint density at radius 2 is 2.00 bits per heavy atom. The van der Waals surface area contributed by atoms with Gasteiger partial charge in [-0.3, -0.25) is 9.59 Å². The van der Waals surface area contributed by atoms with Gasteiger partial charge >= 0.3 is 0 Å². The molecule has 8 nitrogen and oxygen atoms in total. The maximum atomic E-state index is 13.6. The Kier molecular flexibility index (Phi) is 6.44. The average molecular weight is 490 g/mol. The van der Waals surface area contributed by atoms with Gasteiger partial charge in [0.05, 0.1) is 5.60 Å². The number of hydrogen-bond acceptors (Lipinski definition) is 6. The molecular formula is C25H29F2N3O5. The van der Waals surface area contributed by atoms with E-state index >= 15 is 0 Å². The zero-order valence-corrected chi connectivity index (χ0v) is 20.2. The number of aromatic nitrogens is 2. The van der Waals surface area contributed by atoms with Gasteiger partial charge in [0.25, 0.3) is 11.5 Å². The molecule has 188 valence electrons. The lowest BCUT2D eigenvalue weighted by Gasteiger charge is -2.29. The van der Waals surface area contributed by atoms with Crippen LogP contribution in [0.2, 0.25) is 0 Å². The Balaban J connectivity index is 1.87. The number of nitrogens with zero attached hydrogens (tertiary/aromatic N) is 2. The molecule has 0 aromatic carbocycles. The first-order valence-corrected chi connectivity index (χ1v) is 11.6. The SMILES string of the molecule is CCNC(=O)c1cc2c(-c3cc(C(C)(C)O)cnc3OC3CCC(F)(F)CC3)cn(C)c(=O)c2o1. The Morgan fingerprint density at radius 1 is 1.31 bits per heavy atom. The molecule has 1 aliphatic rings. The Morgan fingerprint density at radius 3 is 2.63 bits per heavy atom. The molecule has 2 N–H and O–H groups in total. The van der Waals surface area contributed by atoms with Crippen LogP contribution >= 0.6 is 0 Å². The van der Waals surface area contributed by atoms with E-state index in [2.05, 4.69) is 10.3 Å². The summed E-state index contributed by atoms with van der Waals surface area (Å²) < 4.78 is 40.3. The van der Waals surface area contributed by atoms with Crippen LogP contribution in [0.3, 0.4) is 0 Å². The molecule has 0 saturated heterocycles. The van der Waals surface area contributed by atoms with E-state index in [1.807, 2.05) is 0 Å². The Hall–Kier alpha value is -3.27. The molecule has 1 fully saturated rings. The number of rotatable bonds is 6. The van der Waals surface area contributed by atoms with Crippen LogP contribution in [-0.4, -0.2) is 39.1 Å². The van der Waals surface area contributed by atoms with Crippen molar-refractivity contribution >= 4 is 16.9 Å². The predicted octanol–water partition coefficient (Wildman–Crippen LogP) is 4.13. The van der Waals surface area contributed by atoms with Crippen molar-refractivity contribution in [1.82, 2.24) is 14.9 Å². The van der Waals surface area contributed by atoms with Crippen molar-refractivity contribution in [1.29, 1.82) is 0 Å². The van der Waals surface area contributed by atoms with Crippen LogP contribution in [0.15, 0.2) is 33.7 Å². The van der Waals surface area contributed by atoms with Crippen LogP contribution in [0, 0.1) is 0 Å². The minimum Gasteiger partial charge on any atom is -0.474 e. The average Bonchev–Trinajstić information content (AvgIpc) is 3.23. The maximum Gasteiger partial charge on any atom is 0.293 e. The van der Waals surface area contributed by atoms with Gasteiger partial charge in [0, 0.05) is 60.9 Å². The van der Waals surface area contributed by atoms with Crippen molar-refractivity contribution in [3.63, 3.8) is 0 Å². The molecular weight excluding hydrogens is 460 g/mol. The molecule has 0 aliphatic heterocycles. The van der Waals surface area contributed by atoms with Gasteiger partial charge in [-0.25, -0.2) is 13.8 Å².